The molecule has 26 heavy (non-hydrogen) atoms. The van der Waals surface area contributed by atoms with Crippen molar-refractivity contribution in [3.8, 4) is 0 Å². The molecule has 1 fully saturated rings. The van der Waals surface area contributed by atoms with E-state index in [9.17, 15) is 9.59 Å². The van der Waals surface area contributed by atoms with E-state index in [0.717, 1.165) is 18.7 Å². The fraction of sp³-hybridized carbons (Fsp3) is 0.316. The predicted molar refractivity (Wildman–Crippen MR) is 102 cm³/mol. The zero-order valence-corrected chi connectivity index (χ0v) is 15.6. The highest BCUT2D eigenvalue weighted by Gasteiger charge is 2.22. The molecule has 1 saturated heterocycles. The second-order valence-electron chi connectivity index (χ2n) is 6.42. The van der Waals surface area contributed by atoms with Gasteiger partial charge in [-0.05, 0) is 49.9 Å². The number of aryl methyl sites for hydroxylation is 1. The fourth-order valence-electron chi connectivity index (χ4n) is 2.81. The highest BCUT2D eigenvalue weighted by Crippen LogP contribution is 2.20. The first-order valence-electron chi connectivity index (χ1n) is 8.46. The van der Waals surface area contributed by atoms with Crippen LogP contribution >= 0.6 is 11.6 Å². The third-order valence-corrected chi connectivity index (χ3v) is 4.66. The number of nitrogens with zero attached hydrogens (tertiary/aromatic N) is 3. The van der Waals surface area contributed by atoms with Gasteiger partial charge in [-0.3, -0.25) is 9.59 Å². The summed E-state index contributed by atoms with van der Waals surface area (Å²) in [4.78, 5) is 33.4. The average Bonchev–Trinajstić information content (AvgIpc) is 2.64. The summed E-state index contributed by atoms with van der Waals surface area (Å²) in [6, 6.07) is 10.2. The van der Waals surface area contributed by atoms with Crippen molar-refractivity contribution >= 4 is 29.1 Å². The zero-order chi connectivity index (χ0) is 18.7. The molecule has 7 heteroatoms. The first kappa shape index (κ1) is 18.4. The van der Waals surface area contributed by atoms with E-state index in [-0.39, 0.29) is 23.2 Å². The van der Waals surface area contributed by atoms with E-state index < -0.39 is 0 Å². The van der Waals surface area contributed by atoms with Gasteiger partial charge in [-0.2, -0.15) is 0 Å². The molecule has 1 aromatic heterocycles. The van der Waals surface area contributed by atoms with Crippen LogP contribution in [0.4, 0.5) is 5.69 Å². The van der Waals surface area contributed by atoms with Gasteiger partial charge < -0.3 is 15.1 Å². The number of benzene rings is 1. The number of nitrogens with one attached hydrogen (secondary N) is 1. The van der Waals surface area contributed by atoms with Crippen LogP contribution in [0.25, 0.3) is 0 Å². The Morgan fingerprint density at radius 2 is 1.77 bits per heavy atom. The lowest BCUT2D eigenvalue weighted by molar-refractivity contribution is 0.0658. The van der Waals surface area contributed by atoms with Crippen molar-refractivity contribution in [3.05, 3.63) is 58.4 Å². The average molecular weight is 373 g/mol. The van der Waals surface area contributed by atoms with E-state index >= 15 is 0 Å². The van der Waals surface area contributed by atoms with E-state index in [0.29, 0.717) is 23.8 Å². The van der Waals surface area contributed by atoms with Gasteiger partial charge in [-0.1, -0.05) is 17.7 Å². The number of pyridine rings is 1. The van der Waals surface area contributed by atoms with E-state index in [1.165, 1.54) is 0 Å². The van der Waals surface area contributed by atoms with Crippen molar-refractivity contribution in [3.63, 3.8) is 0 Å². The van der Waals surface area contributed by atoms with Gasteiger partial charge in [0.1, 0.15) is 11.4 Å². The Morgan fingerprint density at radius 3 is 2.46 bits per heavy atom. The summed E-state index contributed by atoms with van der Waals surface area (Å²) >= 11 is 5.94. The van der Waals surface area contributed by atoms with Crippen molar-refractivity contribution in [2.75, 3.05) is 38.5 Å². The van der Waals surface area contributed by atoms with Gasteiger partial charge in [0, 0.05) is 36.9 Å². The summed E-state index contributed by atoms with van der Waals surface area (Å²) in [6.07, 6.45) is 0. The maximum atomic E-state index is 12.6. The zero-order valence-electron chi connectivity index (χ0n) is 14.8. The molecular formula is C19H21ClN4O2. The molecule has 2 heterocycles. The van der Waals surface area contributed by atoms with Crippen molar-refractivity contribution in [2.24, 2.45) is 0 Å². The van der Waals surface area contributed by atoms with E-state index in [2.05, 4.69) is 15.2 Å². The molecule has 1 N–H and O–H groups in total. The summed E-state index contributed by atoms with van der Waals surface area (Å²) < 4.78 is 0. The van der Waals surface area contributed by atoms with Gasteiger partial charge in [0.2, 0.25) is 0 Å². The quantitative estimate of drug-likeness (QED) is 0.899. The molecule has 0 bridgehead atoms. The first-order valence-corrected chi connectivity index (χ1v) is 8.84. The number of aromatic nitrogens is 1. The molecule has 0 unspecified atom stereocenters. The second-order valence-corrected chi connectivity index (χ2v) is 6.85. The monoisotopic (exact) mass is 372 g/mol. The maximum Gasteiger partial charge on any atom is 0.274 e. The molecule has 1 aromatic carbocycles. The largest absolute Gasteiger partial charge is 0.335 e. The van der Waals surface area contributed by atoms with E-state index in [1.807, 2.05) is 14.0 Å². The number of carbonyl (C=O) groups excluding carboxylic acids is 2. The minimum absolute atomic E-state index is 0.143. The number of halogens is 1. The number of likely N-dealkylation sites (N-methyl/N-ethyl adjacent to an activating group) is 1. The Hall–Kier alpha value is -2.44. The smallest absolute Gasteiger partial charge is 0.274 e. The summed E-state index contributed by atoms with van der Waals surface area (Å²) in [5, 5.41) is 3.42. The molecule has 2 aromatic rings. The standard InChI is InChI=1S/C19H21ClN4O2/c1-13-12-14(20)6-7-15(13)22-18(25)16-4-3-5-17(21-16)19(26)24-10-8-23(2)9-11-24/h3-7,12H,8-11H2,1-2H3,(H,22,25). The number of piperazine rings is 1. The Morgan fingerprint density at radius 1 is 1.08 bits per heavy atom. The minimum Gasteiger partial charge on any atom is -0.335 e. The number of carbonyl (C=O) groups is 2. The third-order valence-electron chi connectivity index (χ3n) is 4.43. The van der Waals surface area contributed by atoms with Crippen LogP contribution in [0.2, 0.25) is 5.02 Å². The van der Waals surface area contributed by atoms with Gasteiger partial charge in [0.05, 0.1) is 0 Å². The molecule has 3 rings (SSSR count). The number of amides is 2. The van der Waals surface area contributed by atoms with Crippen LogP contribution in [0.15, 0.2) is 36.4 Å². The lowest BCUT2D eigenvalue weighted by atomic mass is 10.2. The lowest BCUT2D eigenvalue weighted by Crippen LogP contribution is -2.47. The molecule has 0 saturated carbocycles. The van der Waals surface area contributed by atoms with Crippen LogP contribution in [0, 0.1) is 6.92 Å². The minimum atomic E-state index is -0.358. The predicted octanol–water partition coefficient (Wildman–Crippen LogP) is 2.68. The van der Waals surface area contributed by atoms with E-state index in [1.54, 1.807) is 41.3 Å². The third kappa shape index (κ3) is 4.20. The normalized spacial score (nSPS) is 15.0. The van der Waals surface area contributed by atoms with Gasteiger partial charge in [-0.15, -0.1) is 0 Å². The van der Waals surface area contributed by atoms with Crippen LogP contribution in [0.1, 0.15) is 26.5 Å². The highest BCUT2D eigenvalue weighted by atomic mass is 35.5. The summed E-state index contributed by atoms with van der Waals surface area (Å²) in [5.41, 5.74) is 2.02. The molecule has 0 radical (unpaired) electrons. The molecular weight excluding hydrogens is 352 g/mol. The maximum absolute atomic E-state index is 12.6. The van der Waals surface area contributed by atoms with Crippen LogP contribution in [0.5, 0.6) is 0 Å². The number of hydrogen-bond acceptors (Lipinski definition) is 4. The molecule has 6 nitrogen and oxygen atoms in total. The summed E-state index contributed by atoms with van der Waals surface area (Å²) in [5.74, 6) is -0.501. The Labute approximate surface area is 157 Å². The van der Waals surface area contributed by atoms with Crippen LogP contribution < -0.4 is 5.32 Å². The molecule has 0 spiro atoms. The highest BCUT2D eigenvalue weighted by molar-refractivity contribution is 6.30. The van der Waals surface area contributed by atoms with Crippen LogP contribution in [-0.4, -0.2) is 59.8 Å². The summed E-state index contributed by atoms with van der Waals surface area (Å²) in [7, 11) is 2.03. The van der Waals surface area contributed by atoms with Gasteiger partial charge in [-0.25, -0.2) is 4.98 Å². The molecule has 2 amide bonds. The van der Waals surface area contributed by atoms with Gasteiger partial charge >= 0.3 is 0 Å². The fourth-order valence-corrected chi connectivity index (χ4v) is 3.03. The topological polar surface area (TPSA) is 65.5 Å². The molecule has 136 valence electrons. The van der Waals surface area contributed by atoms with Crippen molar-refractivity contribution in [1.82, 2.24) is 14.8 Å². The molecule has 0 aliphatic carbocycles. The van der Waals surface area contributed by atoms with Crippen LogP contribution in [-0.2, 0) is 0 Å². The molecule has 0 atom stereocenters. The molecule has 1 aliphatic rings. The van der Waals surface area contributed by atoms with Crippen molar-refractivity contribution in [1.29, 1.82) is 0 Å². The van der Waals surface area contributed by atoms with Crippen molar-refractivity contribution < 1.29 is 9.59 Å². The Bertz CT molecular complexity index is 832. The second kappa shape index (κ2) is 7.85. The molecule has 1 aliphatic heterocycles. The Balaban J connectivity index is 1.74. The van der Waals surface area contributed by atoms with E-state index in [4.69, 9.17) is 11.6 Å². The Kier molecular flexibility index (Phi) is 5.54. The number of anilines is 1. The van der Waals surface area contributed by atoms with Gasteiger partial charge in [0.15, 0.2) is 0 Å². The summed E-state index contributed by atoms with van der Waals surface area (Å²) in [6.45, 7) is 4.86. The van der Waals surface area contributed by atoms with Gasteiger partial charge in [0.25, 0.3) is 11.8 Å². The lowest BCUT2D eigenvalue weighted by Gasteiger charge is -2.32. The van der Waals surface area contributed by atoms with Crippen molar-refractivity contribution in [2.45, 2.75) is 6.92 Å². The number of rotatable bonds is 3. The SMILES string of the molecule is Cc1cc(Cl)ccc1NC(=O)c1cccc(C(=O)N2CCN(C)CC2)n1. The first-order chi connectivity index (χ1) is 12.4. The number of hydrogen-bond donors (Lipinski definition) is 1. The van der Waals surface area contributed by atoms with Crippen LogP contribution in [0.3, 0.4) is 0 Å².